The molecule has 0 aliphatic carbocycles. The molecule has 0 bridgehead atoms. The monoisotopic (exact) mass is 279 g/mol. The van der Waals surface area contributed by atoms with Crippen molar-refractivity contribution < 1.29 is 9.90 Å². The van der Waals surface area contributed by atoms with Gasteiger partial charge in [0.2, 0.25) is 11.7 Å². The molecule has 1 amide bonds. The first-order chi connectivity index (χ1) is 9.26. The molecule has 100 valence electrons. The van der Waals surface area contributed by atoms with Crippen LogP contribution >= 0.6 is 11.3 Å². The Morgan fingerprint density at radius 1 is 1.53 bits per heavy atom. The molecule has 0 saturated carbocycles. The molecule has 1 aliphatic rings. The van der Waals surface area contributed by atoms with E-state index in [4.69, 9.17) is 5.11 Å². The molecule has 2 aromatic rings. The fourth-order valence-electron chi connectivity index (χ4n) is 1.93. The zero-order chi connectivity index (χ0) is 13.2. The van der Waals surface area contributed by atoms with Crippen molar-refractivity contribution >= 4 is 17.2 Å². The van der Waals surface area contributed by atoms with Crippen molar-refractivity contribution in [3.05, 3.63) is 16.8 Å². The Labute approximate surface area is 113 Å². The van der Waals surface area contributed by atoms with E-state index in [1.165, 1.54) is 4.80 Å². The number of thiophene rings is 1. The standard InChI is InChI=1S/C11H13N5O2S/c17-6-8-3-15(4-8)10(18)5-16-13-11(12-14-16)9-1-2-19-7-9/h1-2,7-8,17H,3-6H2. The van der Waals surface area contributed by atoms with Crippen molar-refractivity contribution in [2.75, 3.05) is 19.7 Å². The summed E-state index contributed by atoms with van der Waals surface area (Å²) >= 11 is 1.56. The minimum atomic E-state index is -0.0426. The van der Waals surface area contributed by atoms with E-state index in [1.54, 1.807) is 16.2 Å². The molecule has 3 rings (SSSR count). The molecule has 19 heavy (non-hydrogen) atoms. The van der Waals surface area contributed by atoms with Crippen molar-refractivity contribution in [1.82, 2.24) is 25.1 Å². The molecule has 0 unspecified atom stereocenters. The molecule has 1 aliphatic heterocycles. The first kappa shape index (κ1) is 12.2. The Hall–Kier alpha value is -1.80. The molecule has 0 aromatic carbocycles. The van der Waals surface area contributed by atoms with E-state index in [-0.39, 0.29) is 25.0 Å². The van der Waals surface area contributed by atoms with E-state index in [1.807, 2.05) is 16.8 Å². The summed E-state index contributed by atoms with van der Waals surface area (Å²) < 4.78 is 0. The van der Waals surface area contributed by atoms with Crippen molar-refractivity contribution in [2.45, 2.75) is 6.54 Å². The van der Waals surface area contributed by atoms with Gasteiger partial charge in [-0.1, -0.05) is 0 Å². The van der Waals surface area contributed by atoms with Crippen LogP contribution < -0.4 is 0 Å². The minimum absolute atomic E-state index is 0.0426. The Balaban J connectivity index is 1.60. The number of aliphatic hydroxyl groups excluding tert-OH is 1. The predicted molar refractivity (Wildman–Crippen MR) is 68.3 cm³/mol. The van der Waals surface area contributed by atoms with Crippen LogP contribution in [0.2, 0.25) is 0 Å². The first-order valence-corrected chi connectivity index (χ1v) is 6.89. The maximum absolute atomic E-state index is 11.9. The number of rotatable bonds is 4. The number of hydrogen-bond donors (Lipinski definition) is 1. The van der Waals surface area contributed by atoms with Crippen molar-refractivity contribution in [2.24, 2.45) is 5.92 Å². The van der Waals surface area contributed by atoms with Gasteiger partial charge in [-0.2, -0.15) is 16.1 Å². The average molecular weight is 279 g/mol. The second-order valence-corrected chi connectivity index (χ2v) is 5.28. The minimum Gasteiger partial charge on any atom is -0.396 e. The highest BCUT2D eigenvalue weighted by Crippen LogP contribution is 2.17. The molecule has 0 spiro atoms. The third-order valence-corrected chi connectivity index (χ3v) is 3.76. The van der Waals surface area contributed by atoms with Gasteiger partial charge in [-0.05, 0) is 16.7 Å². The second kappa shape index (κ2) is 5.06. The maximum Gasteiger partial charge on any atom is 0.246 e. The maximum atomic E-state index is 11.9. The molecule has 0 atom stereocenters. The van der Waals surface area contributed by atoms with Gasteiger partial charge in [-0.25, -0.2) is 0 Å². The van der Waals surface area contributed by atoms with Crippen LogP contribution in [-0.4, -0.2) is 55.8 Å². The summed E-state index contributed by atoms with van der Waals surface area (Å²) in [4.78, 5) is 14.9. The van der Waals surface area contributed by atoms with E-state index in [0.29, 0.717) is 18.9 Å². The molecule has 3 heterocycles. The van der Waals surface area contributed by atoms with Crippen molar-refractivity contribution in [1.29, 1.82) is 0 Å². The summed E-state index contributed by atoms with van der Waals surface area (Å²) in [5.74, 6) is 0.707. The molecule has 0 radical (unpaired) electrons. The Morgan fingerprint density at radius 2 is 2.37 bits per heavy atom. The topological polar surface area (TPSA) is 84.1 Å². The summed E-state index contributed by atoms with van der Waals surface area (Å²) in [6, 6.07) is 1.91. The predicted octanol–water partition coefficient (Wildman–Crippen LogP) is -0.148. The number of amides is 1. The van der Waals surface area contributed by atoms with Crippen LogP contribution in [0.25, 0.3) is 11.4 Å². The molecule has 1 N–H and O–H groups in total. The fourth-order valence-corrected chi connectivity index (χ4v) is 2.56. The van der Waals surface area contributed by atoms with Gasteiger partial charge in [0.1, 0.15) is 6.54 Å². The lowest BCUT2D eigenvalue weighted by Gasteiger charge is -2.38. The average Bonchev–Trinajstić information content (AvgIpc) is 2.96. The quantitative estimate of drug-likeness (QED) is 0.841. The normalized spacial score (nSPS) is 15.5. The number of nitrogens with zero attached hydrogens (tertiary/aromatic N) is 5. The van der Waals surface area contributed by atoms with Crippen LogP contribution in [0.15, 0.2) is 16.8 Å². The Kier molecular flexibility index (Phi) is 3.26. The number of likely N-dealkylation sites (tertiary alicyclic amines) is 1. The van der Waals surface area contributed by atoms with E-state index in [0.717, 1.165) is 5.56 Å². The highest BCUT2D eigenvalue weighted by atomic mass is 32.1. The van der Waals surface area contributed by atoms with Gasteiger partial charge in [-0.15, -0.1) is 10.2 Å². The van der Waals surface area contributed by atoms with Crippen LogP contribution in [0.3, 0.4) is 0 Å². The molecular weight excluding hydrogens is 266 g/mol. The summed E-state index contributed by atoms with van der Waals surface area (Å²) in [6.07, 6.45) is 0. The lowest BCUT2D eigenvalue weighted by Crippen LogP contribution is -2.52. The van der Waals surface area contributed by atoms with Crippen LogP contribution in [0, 0.1) is 5.92 Å². The Bertz CT molecular complexity index is 561. The van der Waals surface area contributed by atoms with Gasteiger partial charge in [0.25, 0.3) is 0 Å². The van der Waals surface area contributed by atoms with Gasteiger partial charge in [0.05, 0.1) is 0 Å². The zero-order valence-corrected chi connectivity index (χ0v) is 11.0. The SMILES string of the molecule is O=C(Cn1nnc(-c2ccsc2)n1)N1CC(CO)C1. The summed E-state index contributed by atoms with van der Waals surface area (Å²) in [5.41, 5.74) is 0.910. The number of aromatic nitrogens is 4. The molecule has 1 fully saturated rings. The highest BCUT2D eigenvalue weighted by Gasteiger charge is 2.30. The van der Waals surface area contributed by atoms with E-state index < -0.39 is 0 Å². The molecular formula is C11H13N5O2S. The van der Waals surface area contributed by atoms with E-state index >= 15 is 0 Å². The first-order valence-electron chi connectivity index (χ1n) is 5.95. The lowest BCUT2D eigenvalue weighted by atomic mass is 10.0. The van der Waals surface area contributed by atoms with Crippen molar-refractivity contribution in [3.8, 4) is 11.4 Å². The largest absolute Gasteiger partial charge is 0.396 e. The van der Waals surface area contributed by atoms with Crippen molar-refractivity contribution in [3.63, 3.8) is 0 Å². The van der Waals surface area contributed by atoms with E-state index in [9.17, 15) is 4.79 Å². The van der Waals surface area contributed by atoms with Crippen LogP contribution in [0.4, 0.5) is 0 Å². The number of hydrogen-bond acceptors (Lipinski definition) is 6. The zero-order valence-electron chi connectivity index (χ0n) is 10.1. The number of aliphatic hydroxyl groups is 1. The molecule has 8 heteroatoms. The smallest absolute Gasteiger partial charge is 0.246 e. The molecule has 2 aromatic heterocycles. The lowest BCUT2D eigenvalue weighted by molar-refractivity contribution is -0.139. The third-order valence-electron chi connectivity index (χ3n) is 3.08. The molecule has 1 saturated heterocycles. The Morgan fingerprint density at radius 3 is 3.05 bits per heavy atom. The van der Waals surface area contributed by atoms with Gasteiger partial charge in [-0.3, -0.25) is 4.79 Å². The molecule has 7 nitrogen and oxygen atoms in total. The van der Waals surface area contributed by atoms with Gasteiger partial charge in [0, 0.05) is 36.6 Å². The van der Waals surface area contributed by atoms with Crippen LogP contribution in [-0.2, 0) is 11.3 Å². The number of tetrazole rings is 1. The number of carbonyl (C=O) groups is 1. The summed E-state index contributed by atoms with van der Waals surface area (Å²) in [6.45, 7) is 1.45. The fraction of sp³-hybridized carbons (Fsp3) is 0.455. The third kappa shape index (κ3) is 2.49. The van der Waals surface area contributed by atoms with Gasteiger partial charge in [0.15, 0.2) is 0 Å². The van der Waals surface area contributed by atoms with Gasteiger partial charge < -0.3 is 10.0 Å². The summed E-state index contributed by atoms with van der Waals surface area (Å²) in [5, 5.41) is 24.8. The van der Waals surface area contributed by atoms with Crippen LogP contribution in [0.1, 0.15) is 0 Å². The summed E-state index contributed by atoms with van der Waals surface area (Å²) in [7, 11) is 0. The number of carbonyl (C=O) groups excluding carboxylic acids is 1. The second-order valence-electron chi connectivity index (χ2n) is 4.50. The highest BCUT2D eigenvalue weighted by molar-refractivity contribution is 7.08. The van der Waals surface area contributed by atoms with Gasteiger partial charge >= 0.3 is 0 Å². The van der Waals surface area contributed by atoms with Crippen LogP contribution in [0.5, 0.6) is 0 Å². The van der Waals surface area contributed by atoms with E-state index in [2.05, 4.69) is 15.4 Å².